The molecule has 4 heteroatoms. The molecule has 1 aromatic carbocycles. The number of hydrogen-bond donors (Lipinski definition) is 2. The van der Waals surface area contributed by atoms with Gasteiger partial charge in [0.2, 0.25) is 11.8 Å². The van der Waals surface area contributed by atoms with Crippen LogP contribution in [0.3, 0.4) is 0 Å². The lowest BCUT2D eigenvalue weighted by Gasteiger charge is -2.13. The Morgan fingerprint density at radius 1 is 1.38 bits per heavy atom. The summed E-state index contributed by atoms with van der Waals surface area (Å²) < 4.78 is 0. The summed E-state index contributed by atoms with van der Waals surface area (Å²) >= 11 is 0. The fourth-order valence-corrected chi connectivity index (χ4v) is 2.11. The first-order valence-electron chi connectivity index (χ1n) is 5.32. The Hall–Kier alpha value is -1.84. The molecule has 2 rings (SSSR count). The van der Waals surface area contributed by atoms with Crippen LogP contribution in [0.4, 0.5) is 0 Å². The van der Waals surface area contributed by atoms with Crippen LogP contribution in [0.5, 0.6) is 0 Å². The molecule has 0 aromatic heterocycles. The predicted octanol–water partition coefficient (Wildman–Crippen LogP) is 0.665. The van der Waals surface area contributed by atoms with Gasteiger partial charge in [0.1, 0.15) is 6.42 Å². The normalized spacial score (nSPS) is 17.9. The highest BCUT2D eigenvalue weighted by Gasteiger charge is 2.23. The van der Waals surface area contributed by atoms with Crippen molar-refractivity contribution >= 4 is 11.8 Å². The maximum atomic E-state index is 11.4. The van der Waals surface area contributed by atoms with Crippen molar-refractivity contribution in [1.29, 1.82) is 0 Å². The van der Waals surface area contributed by atoms with Gasteiger partial charge >= 0.3 is 0 Å². The number of primary amides is 1. The Labute approximate surface area is 93.8 Å². The summed E-state index contributed by atoms with van der Waals surface area (Å²) in [5, 5.41) is 2.83. The van der Waals surface area contributed by atoms with Gasteiger partial charge in [0.05, 0.1) is 6.04 Å². The van der Waals surface area contributed by atoms with Crippen molar-refractivity contribution in [2.45, 2.75) is 25.3 Å². The quantitative estimate of drug-likeness (QED) is 0.732. The predicted molar refractivity (Wildman–Crippen MR) is 59.5 cm³/mol. The lowest BCUT2D eigenvalue weighted by molar-refractivity contribution is -0.128. The summed E-state index contributed by atoms with van der Waals surface area (Å²) in [6.45, 7) is 0. The molecule has 1 unspecified atom stereocenters. The number of carbonyl (C=O) groups is 2. The van der Waals surface area contributed by atoms with Gasteiger partial charge in [-0.15, -0.1) is 0 Å². The number of hydrogen-bond acceptors (Lipinski definition) is 2. The molecule has 3 N–H and O–H groups in total. The van der Waals surface area contributed by atoms with Crippen molar-refractivity contribution in [2.24, 2.45) is 5.73 Å². The molecule has 0 bridgehead atoms. The van der Waals surface area contributed by atoms with Crippen LogP contribution in [0, 0.1) is 0 Å². The van der Waals surface area contributed by atoms with E-state index in [0.717, 1.165) is 18.4 Å². The van der Waals surface area contributed by atoms with E-state index in [0.29, 0.717) is 0 Å². The number of benzene rings is 1. The molecule has 0 fully saturated rings. The zero-order chi connectivity index (χ0) is 11.5. The van der Waals surface area contributed by atoms with E-state index in [1.54, 1.807) is 0 Å². The van der Waals surface area contributed by atoms with Crippen molar-refractivity contribution < 1.29 is 9.59 Å². The van der Waals surface area contributed by atoms with Gasteiger partial charge in [-0.05, 0) is 24.0 Å². The van der Waals surface area contributed by atoms with E-state index >= 15 is 0 Å². The second kappa shape index (κ2) is 4.35. The molecule has 0 saturated carbocycles. The van der Waals surface area contributed by atoms with E-state index in [9.17, 15) is 9.59 Å². The standard InChI is InChI=1S/C12H14N2O2/c13-11(15)7-12(16)14-10-6-5-8-3-1-2-4-9(8)10/h1-4,10H,5-7H2,(H2,13,15)(H,14,16). The van der Waals surface area contributed by atoms with Gasteiger partial charge in [0.25, 0.3) is 0 Å². The molecular formula is C12H14N2O2. The summed E-state index contributed by atoms with van der Waals surface area (Å²) in [7, 11) is 0. The molecule has 0 aliphatic heterocycles. The van der Waals surface area contributed by atoms with Crippen molar-refractivity contribution in [1.82, 2.24) is 5.32 Å². The van der Waals surface area contributed by atoms with Crippen LogP contribution < -0.4 is 11.1 Å². The fourth-order valence-electron chi connectivity index (χ4n) is 2.11. The maximum absolute atomic E-state index is 11.4. The monoisotopic (exact) mass is 218 g/mol. The summed E-state index contributed by atoms with van der Waals surface area (Å²) in [4.78, 5) is 22.0. The van der Waals surface area contributed by atoms with Crippen LogP contribution in [-0.2, 0) is 16.0 Å². The zero-order valence-electron chi connectivity index (χ0n) is 8.90. The molecule has 1 atom stereocenters. The summed E-state index contributed by atoms with van der Waals surface area (Å²) in [6, 6.07) is 8.06. The van der Waals surface area contributed by atoms with Crippen molar-refractivity contribution in [3.05, 3.63) is 35.4 Å². The van der Waals surface area contributed by atoms with Crippen LogP contribution >= 0.6 is 0 Å². The minimum absolute atomic E-state index is 0.0306. The summed E-state index contributed by atoms with van der Waals surface area (Å²) in [5.41, 5.74) is 7.39. The molecule has 0 spiro atoms. The van der Waals surface area contributed by atoms with E-state index in [-0.39, 0.29) is 18.4 Å². The van der Waals surface area contributed by atoms with Crippen molar-refractivity contribution in [2.75, 3.05) is 0 Å². The molecule has 0 heterocycles. The fraction of sp³-hybridized carbons (Fsp3) is 0.333. The average molecular weight is 218 g/mol. The van der Waals surface area contributed by atoms with Crippen LogP contribution in [0.25, 0.3) is 0 Å². The number of rotatable bonds is 3. The Bertz CT molecular complexity index is 429. The molecule has 84 valence electrons. The third-order valence-electron chi connectivity index (χ3n) is 2.80. The molecule has 0 radical (unpaired) electrons. The van der Waals surface area contributed by atoms with Gasteiger partial charge in [-0.25, -0.2) is 0 Å². The van der Waals surface area contributed by atoms with Gasteiger partial charge in [0, 0.05) is 0 Å². The maximum Gasteiger partial charge on any atom is 0.229 e. The van der Waals surface area contributed by atoms with Gasteiger partial charge in [-0.1, -0.05) is 24.3 Å². The third-order valence-corrected chi connectivity index (χ3v) is 2.80. The number of nitrogens with one attached hydrogen (secondary N) is 1. The third kappa shape index (κ3) is 2.21. The lowest BCUT2D eigenvalue weighted by atomic mass is 10.1. The molecule has 16 heavy (non-hydrogen) atoms. The minimum atomic E-state index is -0.594. The van der Waals surface area contributed by atoms with Crippen molar-refractivity contribution in [3.8, 4) is 0 Å². The van der Waals surface area contributed by atoms with E-state index in [1.807, 2.05) is 18.2 Å². The number of aryl methyl sites for hydroxylation is 1. The van der Waals surface area contributed by atoms with Crippen LogP contribution in [0.2, 0.25) is 0 Å². The SMILES string of the molecule is NC(=O)CC(=O)NC1CCc2ccccc21. The second-order valence-corrected chi connectivity index (χ2v) is 4.00. The molecule has 2 amide bonds. The Morgan fingerprint density at radius 2 is 2.12 bits per heavy atom. The molecule has 4 nitrogen and oxygen atoms in total. The zero-order valence-corrected chi connectivity index (χ0v) is 8.90. The lowest BCUT2D eigenvalue weighted by Crippen LogP contribution is -2.30. The first-order valence-corrected chi connectivity index (χ1v) is 5.32. The van der Waals surface area contributed by atoms with Gasteiger partial charge in [0.15, 0.2) is 0 Å². The molecule has 0 saturated heterocycles. The molecular weight excluding hydrogens is 204 g/mol. The highest BCUT2D eigenvalue weighted by Crippen LogP contribution is 2.30. The molecule has 1 aliphatic rings. The number of fused-ring (bicyclic) bond motifs is 1. The average Bonchev–Trinajstić information content (AvgIpc) is 2.61. The Kier molecular flexibility index (Phi) is 2.90. The largest absolute Gasteiger partial charge is 0.369 e. The first kappa shape index (κ1) is 10.7. The number of carbonyl (C=O) groups excluding carboxylic acids is 2. The summed E-state index contributed by atoms with van der Waals surface area (Å²) in [5.74, 6) is -0.891. The molecule has 1 aromatic rings. The van der Waals surface area contributed by atoms with E-state index < -0.39 is 5.91 Å². The molecule has 1 aliphatic carbocycles. The van der Waals surface area contributed by atoms with Crippen LogP contribution in [0.15, 0.2) is 24.3 Å². The minimum Gasteiger partial charge on any atom is -0.369 e. The first-order chi connectivity index (χ1) is 7.66. The highest BCUT2D eigenvalue weighted by molar-refractivity contribution is 5.96. The number of amides is 2. The van der Waals surface area contributed by atoms with E-state index in [4.69, 9.17) is 5.73 Å². The highest BCUT2D eigenvalue weighted by atomic mass is 16.2. The van der Waals surface area contributed by atoms with Gasteiger partial charge in [-0.2, -0.15) is 0 Å². The number of nitrogens with two attached hydrogens (primary N) is 1. The van der Waals surface area contributed by atoms with Gasteiger partial charge < -0.3 is 11.1 Å². The van der Waals surface area contributed by atoms with Gasteiger partial charge in [-0.3, -0.25) is 9.59 Å². The van der Waals surface area contributed by atoms with Crippen molar-refractivity contribution in [3.63, 3.8) is 0 Å². The van der Waals surface area contributed by atoms with E-state index in [2.05, 4.69) is 11.4 Å². The Balaban J connectivity index is 2.03. The topological polar surface area (TPSA) is 72.2 Å². The Morgan fingerprint density at radius 3 is 2.88 bits per heavy atom. The van der Waals surface area contributed by atoms with Crippen LogP contribution in [-0.4, -0.2) is 11.8 Å². The van der Waals surface area contributed by atoms with E-state index in [1.165, 1.54) is 5.56 Å². The van der Waals surface area contributed by atoms with Crippen LogP contribution in [0.1, 0.15) is 30.0 Å². The summed E-state index contributed by atoms with van der Waals surface area (Å²) in [6.07, 6.45) is 1.63. The smallest absolute Gasteiger partial charge is 0.229 e. The second-order valence-electron chi connectivity index (χ2n) is 4.00.